The van der Waals surface area contributed by atoms with Crippen molar-refractivity contribution in [1.29, 1.82) is 0 Å². The standard InChI is InChI=1S/C13H18N3O2.4C5H2F6O2.2Cu.H2O/c1-9-10(7-6-8-14-9)11-15(17)12(2,3)13(4,5)16(11)18;4*6-4(7,8)2(12)1-3(13)5(9,10)11;;;/h6-8H,1-5H3;4*1,12H;;;1H2/q+1;;;;;+1;+2;/p-4/b;4*2-1-;;;. The second-order valence-corrected chi connectivity index (χ2v) is 13.1. The van der Waals surface area contributed by atoms with Crippen LogP contribution in [-0.4, -0.2) is 109 Å². The van der Waals surface area contributed by atoms with Gasteiger partial charge >= 0.3 is 89.4 Å². The number of aryl methyl sites for hydroxylation is 1. The number of allylic oxidation sites excluding steroid dienone is 8. The number of ketones is 4. The van der Waals surface area contributed by atoms with Crippen molar-refractivity contribution in [3.05, 3.63) is 87.0 Å². The largest absolute Gasteiger partial charge is 2.00 e. The third-order valence-corrected chi connectivity index (χ3v) is 7.43. The first-order valence-corrected chi connectivity index (χ1v) is 16.4. The Balaban J connectivity index is -0.000000192. The van der Waals surface area contributed by atoms with E-state index in [0.717, 1.165) is 9.50 Å². The fraction of sp³-hybridized carbons (Fsp3) is 0.455. The first kappa shape index (κ1) is 78.8. The number of alkyl halides is 24. The number of pyridine rings is 1. The quantitative estimate of drug-likeness (QED) is 0.0961. The zero-order valence-corrected chi connectivity index (χ0v) is 37.0. The predicted molar refractivity (Wildman–Crippen MR) is 173 cm³/mol. The molecule has 0 fully saturated rings. The first-order chi connectivity index (χ1) is 30.4. The summed E-state index contributed by atoms with van der Waals surface area (Å²) in [5, 5.41) is 51.7. The number of rotatable bonds is 5. The van der Waals surface area contributed by atoms with Crippen LogP contribution in [0.5, 0.6) is 0 Å². The average Bonchev–Trinajstić information content (AvgIpc) is 3.24. The number of aromatic nitrogens is 1. The van der Waals surface area contributed by atoms with Crippen LogP contribution in [0, 0.1) is 17.0 Å². The van der Waals surface area contributed by atoms with Crippen molar-refractivity contribution in [2.24, 2.45) is 0 Å². The molecule has 0 unspecified atom stereocenters. The van der Waals surface area contributed by atoms with Crippen LogP contribution in [0.1, 0.15) is 39.0 Å². The zero-order valence-electron chi connectivity index (χ0n) is 35.1. The van der Waals surface area contributed by atoms with Crippen LogP contribution >= 0.6 is 0 Å². The third kappa shape index (κ3) is 26.2. The van der Waals surface area contributed by atoms with E-state index in [4.69, 9.17) is 0 Å². The second kappa shape index (κ2) is 27.6. The van der Waals surface area contributed by atoms with Gasteiger partial charge in [-0.15, -0.1) is 4.74 Å². The summed E-state index contributed by atoms with van der Waals surface area (Å²) in [5.41, 5.74) is -0.289. The van der Waals surface area contributed by atoms with Gasteiger partial charge in [0.15, 0.2) is 0 Å². The number of carbonyl (C=O) groups is 4. The van der Waals surface area contributed by atoms with Crippen LogP contribution in [0.15, 0.2) is 65.7 Å². The molecule has 0 aromatic carbocycles. The van der Waals surface area contributed by atoms with E-state index in [9.17, 15) is 155 Å². The van der Waals surface area contributed by atoms with Gasteiger partial charge in [0, 0.05) is 38.8 Å². The smallest absolute Gasteiger partial charge is 0.869 e. The van der Waals surface area contributed by atoms with Crippen molar-refractivity contribution in [3.8, 4) is 0 Å². The molecule has 40 heteroatoms. The van der Waals surface area contributed by atoms with Gasteiger partial charge in [-0.2, -0.15) is 105 Å². The van der Waals surface area contributed by atoms with Crippen LogP contribution in [-0.2, 0) is 53.3 Å². The van der Waals surface area contributed by atoms with E-state index in [1.165, 1.54) is 0 Å². The molecule has 14 nitrogen and oxygen atoms in total. The molecule has 1 radical (unpaired) electrons. The van der Waals surface area contributed by atoms with Crippen LogP contribution in [0.3, 0.4) is 0 Å². The van der Waals surface area contributed by atoms with Gasteiger partial charge in [-0.25, -0.2) is 0 Å². The maximum Gasteiger partial charge on any atom is 2.00 e. The Morgan fingerprint density at radius 3 is 0.863 bits per heavy atom. The third-order valence-electron chi connectivity index (χ3n) is 7.43. The van der Waals surface area contributed by atoms with Gasteiger partial charge in [-0.05, 0) is 66.4 Å². The number of hydrogen-bond donors (Lipinski definition) is 0. The summed E-state index contributed by atoms with van der Waals surface area (Å²) in [6.45, 7) is 8.92. The number of nitrogens with zero attached hydrogens (tertiary/aromatic N) is 3. The van der Waals surface area contributed by atoms with E-state index in [0.29, 0.717) is 11.3 Å². The Kier molecular flexibility index (Phi) is 29.8. The molecule has 2 rings (SSSR count). The minimum absolute atomic E-state index is 0. The van der Waals surface area contributed by atoms with Crippen molar-refractivity contribution in [3.63, 3.8) is 0 Å². The van der Waals surface area contributed by atoms with Gasteiger partial charge in [0.05, 0.1) is 5.69 Å². The van der Waals surface area contributed by atoms with Crippen molar-refractivity contribution in [1.82, 2.24) is 4.98 Å². The van der Waals surface area contributed by atoms with Crippen molar-refractivity contribution in [2.45, 2.75) is 95.1 Å². The Labute approximate surface area is 409 Å². The van der Waals surface area contributed by atoms with E-state index < -0.39 is 131 Å². The predicted octanol–water partition coefficient (Wildman–Crippen LogP) is 4.86. The maximum absolute atomic E-state index is 12.4. The molecule has 1 aliphatic heterocycles. The van der Waals surface area contributed by atoms with Gasteiger partial charge in [0.2, 0.25) is 5.54 Å². The summed E-state index contributed by atoms with van der Waals surface area (Å²) >= 11 is 0. The maximum atomic E-state index is 12.4. The molecule has 1 aromatic heterocycles. The topological polar surface area (TPSA) is 251 Å². The monoisotopic (exact) mass is 1220 g/mol. The molecule has 1 aromatic rings. The van der Waals surface area contributed by atoms with E-state index >= 15 is 0 Å². The first-order valence-electron chi connectivity index (χ1n) is 16.4. The molecule has 0 amide bonds. The second-order valence-electron chi connectivity index (χ2n) is 13.1. The molecule has 0 spiro atoms. The molecule has 2 heterocycles. The summed E-state index contributed by atoms with van der Waals surface area (Å²) in [5.74, 6) is -22.4. The molecule has 427 valence electrons. The van der Waals surface area contributed by atoms with Gasteiger partial charge in [0.1, 0.15) is 10.3 Å². The Morgan fingerprint density at radius 1 is 0.493 bits per heavy atom. The summed E-state index contributed by atoms with van der Waals surface area (Å²) < 4.78 is 273. The number of carbonyl (C=O) groups excluding carboxylic acids is 4. The molecular formula is C33H24Cu2F24N3O11. The summed E-state index contributed by atoms with van der Waals surface area (Å²) in [6.07, 6.45) is -46.1. The van der Waals surface area contributed by atoms with Gasteiger partial charge in [-0.3, -0.25) is 24.2 Å². The summed E-state index contributed by atoms with van der Waals surface area (Å²) in [6, 6.07) is 3.49. The molecule has 0 bridgehead atoms. The van der Waals surface area contributed by atoms with Crippen LogP contribution in [0.25, 0.3) is 0 Å². The Bertz CT molecular complexity index is 2020. The summed E-state index contributed by atoms with van der Waals surface area (Å²) in [7, 11) is 0. The Morgan fingerprint density at radius 2 is 0.712 bits per heavy atom. The molecule has 1 aliphatic rings. The van der Waals surface area contributed by atoms with Crippen molar-refractivity contribution >= 4 is 29.0 Å². The number of nitroso groups, excluding NO2 is 1. The fourth-order valence-electron chi connectivity index (χ4n) is 3.18. The molecule has 0 aliphatic carbocycles. The van der Waals surface area contributed by atoms with Gasteiger partial charge in [0.25, 0.3) is 28.7 Å². The fourth-order valence-corrected chi connectivity index (χ4v) is 3.18. The van der Waals surface area contributed by atoms with Crippen LogP contribution in [0.2, 0.25) is 0 Å². The zero-order chi connectivity index (χ0) is 57.2. The van der Waals surface area contributed by atoms with E-state index in [1.807, 2.05) is 0 Å². The molecular weight excluding hydrogens is 1200 g/mol. The SMILES string of the molecule is Cc1ncccc1C1=[N+]([O-])C(C)(C)C(C)(C)[N+]1=O.O.O=C(/C=C(\[O-])C(F)(F)F)C(F)(F)F.O=C(/C=C(\[O-])C(F)(F)F)C(F)(F)F.O=C(/C=C(\[O-])C(F)(F)F)C(F)(F)F.O=C(/C=C(\[O-])C(F)(F)F)C(F)(F)F.[Cu+2].[Cu+]. The van der Waals surface area contributed by atoms with Crippen molar-refractivity contribution < 1.29 is 194 Å². The average molecular weight is 1220 g/mol. The number of hydroxylamine groups is 1. The number of amidine groups is 1. The van der Waals surface area contributed by atoms with Crippen LogP contribution < -0.4 is 20.4 Å². The van der Waals surface area contributed by atoms with Crippen molar-refractivity contribution in [2.75, 3.05) is 0 Å². The molecule has 0 atom stereocenters. The van der Waals surface area contributed by atoms with Gasteiger partial charge < -0.3 is 31.1 Å². The molecule has 0 saturated carbocycles. The van der Waals surface area contributed by atoms with E-state index in [1.54, 1.807) is 52.9 Å². The van der Waals surface area contributed by atoms with Gasteiger partial charge in [-0.1, -0.05) is 0 Å². The summed E-state index contributed by atoms with van der Waals surface area (Å²) in [4.78, 5) is 55.8. The molecule has 2 N–H and O–H groups in total. The van der Waals surface area contributed by atoms with E-state index in [2.05, 4.69) is 4.98 Å². The minimum Gasteiger partial charge on any atom is -0.869 e. The molecule has 0 saturated heterocycles. The van der Waals surface area contributed by atoms with E-state index in [-0.39, 0.29) is 45.4 Å². The minimum atomic E-state index is -5.46. The number of hydrogen-bond acceptors (Lipinski definition) is 11. The number of halogens is 24. The molecule has 73 heavy (non-hydrogen) atoms. The Hall–Kier alpha value is -5.62. The normalized spacial score (nSPS) is 15.6. The van der Waals surface area contributed by atoms with Crippen LogP contribution in [0.4, 0.5) is 105 Å².